The second-order valence-electron chi connectivity index (χ2n) is 5.41. The Bertz CT molecular complexity index is 558. The molecule has 4 nitrogen and oxygen atoms in total. The first-order valence-electron chi connectivity index (χ1n) is 6.57. The molecule has 0 amide bonds. The van der Waals surface area contributed by atoms with Crippen molar-refractivity contribution in [2.75, 3.05) is 7.05 Å². The molecule has 0 saturated heterocycles. The molecule has 1 aromatic carbocycles. The van der Waals surface area contributed by atoms with Gasteiger partial charge >= 0.3 is 0 Å². The lowest BCUT2D eigenvalue weighted by molar-refractivity contribution is 0.281. The summed E-state index contributed by atoms with van der Waals surface area (Å²) in [7, 11) is -1.99. The Hall–Kier alpha value is -0.620. The lowest BCUT2D eigenvalue weighted by Gasteiger charge is -2.25. The van der Waals surface area contributed by atoms with Gasteiger partial charge in [-0.3, -0.25) is 0 Å². The number of hydrogen-bond donors (Lipinski definition) is 1. The summed E-state index contributed by atoms with van der Waals surface area (Å²) in [5.74, 6) is 0.417. The highest BCUT2D eigenvalue weighted by molar-refractivity contribution is 7.89. The van der Waals surface area contributed by atoms with Crippen LogP contribution in [0.4, 0.5) is 0 Å². The van der Waals surface area contributed by atoms with E-state index in [2.05, 4.69) is 13.8 Å². The van der Waals surface area contributed by atoms with Crippen molar-refractivity contribution in [3.63, 3.8) is 0 Å². The molecule has 1 aromatic rings. The van der Waals surface area contributed by atoms with Crippen molar-refractivity contribution >= 4 is 21.6 Å². The van der Waals surface area contributed by atoms with E-state index in [1.54, 1.807) is 7.05 Å². The maximum absolute atomic E-state index is 12.5. The van der Waals surface area contributed by atoms with Crippen molar-refractivity contribution in [2.24, 2.45) is 5.92 Å². The zero-order valence-electron chi connectivity index (χ0n) is 12.3. The molecule has 0 spiro atoms. The number of sulfonamides is 1. The van der Waals surface area contributed by atoms with Crippen LogP contribution >= 0.6 is 11.6 Å². The maximum atomic E-state index is 12.5. The zero-order chi connectivity index (χ0) is 15.5. The van der Waals surface area contributed by atoms with Gasteiger partial charge in [-0.15, -0.1) is 0 Å². The third-order valence-corrected chi connectivity index (χ3v) is 5.63. The van der Waals surface area contributed by atoms with E-state index in [-0.39, 0.29) is 17.5 Å². The van der Waals surface area contributed by atoms with Gasteiger partial charge in [0, 0.05) is 18.1 Å². The van der Waals surface area contributed by atoms with Gasteiger partial charge < -0.3 is 5.11 Å². The summed E-state index contributed by atoms with van der Waals surface area (Å²) in [6, 6.07) is 4.31. The minimum absolute atomic E-state index is 0.0896. The van der Waals surface area contributed by atoms with Gasteiger partial charge in [-0.05, 0) is 43.0 Å². The van der Waals surface area contributed by atoms with Crippen molar-refractivity contribution in [2.45, 2.75) is 44.7 Å². The van der Waals surface area contributed by atoms with Gasteiger partial charge in [0.25, 0.3) is 0 Å². The Labute approximate surface area is 126 Å². The van der Waals surface area contributed by atoms with Crippen LogP contribution in [-0.4, -0.2) is 30.9 Å². The minimum Gasteiger partial charge on any atom is -0.392 e. The van der Waals surface area contributed by atoms with E-state index in [1.165, 1.54) is 22.5 Å². The molecule has 0 aromatic heterocycles. The molecule has 0 saturated carbocycles. The van der Waals surface area contributed by atoms with E-state index in [0.717, 1.165) is 6.42 Å². The SMILES string of the molecule is CC(C)CC(C)N(C)S(=O)(=O)c1ccc(Cl)c(CO)c1. The van der Waals surface area contributed by atoms with E-state index < -0.39 is 10.0 Å². The molecule has 1 N–H and O–H groups in total. The predicted octanol–water partition coefficient (Wildman–Crippen LogP) is 2.89. The second-order valence-corrected chi connectivity index (χ2v) is 7.82. The molecule has 0 aliphatic rings. The molecule has 0 bridgehead atoms. The highest BCUT2D eigenvalue weighted by Crippen LogP contribution is 2.24. The average Bonchev–Trinajstić information content (AvgIpc) is 2.37. The molecule has 1 unspecified atom stereocenters. The van der Waals surface area contributed by atoms with Gasteiger partial charge in [0.15, 0.2) is 0 Å². The van der Waals surface area contributed by atoms with Crippen LogP contribution in [0.2, 0.25) is 5.02 Å². The number of nitrogens with zero attached hydrogens (tertiary/aromatic N) is 1. The Morgan fingerprint density at radius 1 is 1.30 bits per heavy atom. The predicted molar refractivity (Wildman–Crippen MR) is 81.2 cm³/mol. The fourth-order valence-electron chi connectivity index (χ4n) is 2.07. The third-order valence-electron chi connectivity index (χ3n) is 3.30. The Morgan fingerprint density at radius 3 is 2.40 bits per heavy atom. The van der Waals surface area contributed by atoms with E-state index in [4.69, 9.17) is 11.6 Å². The monoisotopic (exact) mass is 319 g/mol. The molecule has 6 heteroatoms. The largest absolute Gasteiger partial charge is 0.392 e. The van der Waals surface area contributed by atoms with Crippen LogP contribution in [0.25, 0.3) is 0 Å². The number of benzene rings is 1. The molecule has 0 heterocycles. The normalized spacial score (nSPS) is 14.0. The first-order chi connectivity index (χ1) is 9.20. The highest BCUT2D eigenvalue weighted by Gasteiger charge is 2.26. The average molecular weight is 320 g/mol. The van der Waals surface area contributed by atoms with Crippen molar-refractivity contribution < 1.29 is 13.5 Å². The molecule has 0 radical (unpaired) electrons. The summed E-state index contributed by atoms with van der Waals surface area (Å²) in [4.78, 5) is 0.157. The number of rotatable bonds is 6. The fourth-order valence-corrected chi connectivity index (χ4v) is 3.67. The second kappa shape index (κ2) is 6.89. The molecule has 0 fully saturated rings. The quantitative estimate of drug-likeness (QED) is 0.877. The summed E-state index contributed by atoms with van der Waals surface area (Å²) in [6.45, 7) is 5.72. The van der Waals surface area contributed by atoms with Gasteiger partial charge in [-0.1, -0.05) is 25.4 Å². The van der Waals surface area contributed by atoms with Crippen LogP contribution in [0.5, 0.6) is 0 Å². The van der Waals surface area contributed by atoms with E-state index >= 15 is 0 Å². The molecular formula is C14H22ClNO3S. The van der Waals surface area contributed by atoms with Crippen molar-refractivity contribution in [1.82, 2.24) is 4.31 Å². The molecule has 0 aliphatic carbocycles. The first-order valence-corrected chi connectivity index (χ1v) is 8.39. The standard InChI is InChI=1S/C14H22ClNO3S/c1-10(2)7-11(3)16(4)20(18,19)13-5-6-14(15)12(8-13)9-17/h5-6,8,10-11,17H,7,9H2,1-4H3. The number of halogens is 1. The van der Waals surface area contributed by atoms with Crippen LogP contribution in [0, 0.1) is 5.92 Å². The summed E-state index contributed by atoms with van der Waals surface area (Å²) >= 11 is 5.89. The molecular weight excluding hydrogens is 298 g/mol. The van der Waals surface area contributed by atoms with Gasteiger partial charge in [-0.2, -0.15) is 4.31 Å². The van der Waals surface area contributed by atoms with Crippen LogP contribution < -0.4 is 0 Å². The molecule has 114 valence electrons. The van der Waals surface area contributed by atoms with Gasteiger partial charge in [0.1, 0.15) is 0 Å². The summed E-state index contributed by atoms with van der Waals surface area (Å²) in [6.07, 6.45) is 0.788. The molecule has 0 aliphatic heterocycles. The van der Waals surface area contributed by atoms with Crippen molar-refractivity contribution in [3.05, 3.63) is 28.8 Å². The van der Waals surface area contributed by atoms with E-state index in [1.807, 2.05) is 6.92 Å². The zero-order valence-corrected chi connectivity index (χ0v) is 13.9. The Balaban J connectivity index is 3.10. The van der Waals surface area contributed by atoms with Gasteiger partial charge in [0.05, 0.1) is 11.5 Å². The lowest BCUT2D eigenvalue weighted by Crippen LogP contribution is -2.35. The maximum Gasteiger partial charge on any atom is 0.243 e. The number of hydrogen-bond acceptors (Lipinski definition) is 3. The van der Waals surface area contributed by atoms with Crippen molar-refractivity contribution in [3.8, 4) is 0 Å². The van der Waals surface area contributed by atoms with Gasteiger partial charge in [-0.25, -0.2) is 8.42 Å². The minimum atomic E-state index is -3.57. The highest BCUT2D eigenvalue weighted by atomic mass is 35.5. The van der Waals surface area contributed by atoms with E-state index in [9.17, 15) is 13.5 Å². The number of aliphatic hydroxyl groups is 1. The third kappa shape index (κ3) is 3.95. The molecule has 20 heavy (non-hydrogen) atoms. The van der Waals surface area contributed by atoms with Crippen molar-refractivity contribution in [1.29, 1.82) is 0 Å². The van der Waals surface area contributed by atoms with Crippen LogP contribution in [0.3, 0.4) is 0 Å². The van der Waals surface area contributed by atoms with Crippen LogP contribution in [-0.2, 0) is 16.6 Å². The summed E-state index contributed by atoms with van der Waals surface area (Å²) in [5, 5.41) is 9.55. The van der Waals surface area contributed by atoms with Gasteiger partial charge in [0.2, 0.25) is 10.0 Å². The summed E-state index contributed by atoms with van der Waals surface area (Å²) in [5.41, 5.74) is 0.414. The number of aliphatic hydroxyl groups excluding tert-OH is 1. The topological polar surface area (TPSA) is 57.6 Å². The first kappa shape index (κ1) is 17.4. The summed E-state index contributed by atoms with van der Waals surface area (Å²) < 4.78 is 26.4. The molecule has 1 rings (SSSR count). The van der Waals surface area contributed by atoms with Crippen LogP contribution in [0.15, 0.2) is 23.1 Å². The Morgan fingerprint density at radius 2 is 1.90 bits per heavy atom. The molecule has 1 atom stereocenters. The lowest BCUT2D eigenvalue weighted by atomic mass is 10.1. The fraction of sp³-hybridized carbons (Fsp3) is 0.571. The Kier molecular flexibility index (Phi) is 6.01. The smallest absolute Gasteiger partial charge is 0.243 e. The van der Waals surface area contributed by atoms with E-state index in [0.29, 0.717) is 16.5 Å². The van der Waals surface area contributed by atoms with Crippen LogP contribution in [0.1, 0.15) is 32.8 Å².